The molecule has 12 nitrogen and oxygen atoms in total. The molecule has 0 spiro atoms. The summed E-state index contributed by atoms with van der Waals surface area (Å²) in [6.07, 6.45) is 6.16. The zero-order chi connectivity index (χ0) is 23.1. The number of H-pyrrole nitrogens is 1. The third-order valence-corrected chi connectivity index (χ3v) is 6.28. The number of aromatic nitrogens is 9. The second kappa shape index (κ2) is 8.50. The molecule has 0 radical (unpaired) electrons. The van der Waals surface area contributed by atoms with Crippen molar-refractivity contribution in [2.24, 2.45) is 5.92 Å². The van der Waals surface area contributed by atoms with E-state index < -0.39 is 0 Å². The van der Waals surface area contributed by atoms with Crippen LogP contribution in [0.5, 0.6) is 0 Å². The molecule has 0 unspecified atom stereocenters. The summed E-state index contributed by atoms with van der Waals surface area (Å²) < 4.78 is 8.62. The van der Waals surface area contributed by atoms with Gasteiger partial charge in [0.1, 0.15) is 10.9 Å². The van der Waals surface area contributed by atoms with Gasteiger partial charge in [-0.3, -0.25) is 14.3 Å². The van der Waals surface area contributed by atoms with E-state index in [1.54, 1.807) is 17.8 Å². The van der Waals surface area contributed by atoms with Crippen molar-refractivity contribution in [3.63, 3.8) is 0 Å². The molecule has 0 atom stereocenters. The summed E-state index contributed by atoms with van der Waals surface area (Å²) in [7, 11) is 1.65. The second-order valence-corrected chi connectivity index (χ2v) is 8.93. The molecule has 0 bridgehead atoms. The SMILES string of the molecule is COCCc1nc(-c2ccc3nnc(Sc4ccc5nc(NC(=O)C6CC6)cn5n4)n3c2)n[nH]1. The number of anilines is 1. The third-order valence-electron chi connectivity index (χ3n) is 5.39. The predicted molar refractivity (Wildman–Crippen MR) is 122 cm³/mol. The van der Waals surface area contributed by atoms with Crippen molar-refractivity contribution < 1.29 is 9.53 Å². The Morgan fingerprint density at radius 2 is 2.06 bits per heavy atom. The molecule has 0 saturated heterocycles. The fourth-order valence-corrected chi connectivity index (χ4v) is 4.23. The van der Waals surface area contributed by atoms with Crippen molar-refractivity contribution >= 4 is 34.8 Å². The summed E-state index contributed by atoms with van der Waals surface area (Å²) in [5.74, 6) is 1.99. The summed E-state index contributed by atoms with van der Waals surface area (Å²) in [5, 5.41) is 24.6. The van der Waals surface area contributed by atoms with E-state index in [2.05, 4.69) is 40.8 Å². The second-order valence-electron chi connectivity index (χ2n) is 7.94. The number of carbonyl (C=O) groups excluding carboxylic acids is 1. The van der Waals surface area contributed by atoms with E-state index in [0.29, 0.717) is 46.1 Å². The normalized spacial score (nSPS) is 13.7. The molecule has 1 fully saturated rings. The molecular formula is C21H20N10O2S. The number of carbonyl (C=O) groups is 1. The van der Waals surface area contributed by atoms with Gasteiger partial charge in [0, 0.05) is 31.2 Å². The molecule has 34 heavy (non-hydrogen) atoms. The van der Waals surface area contributed by atoms with Gasteiger partial charge in [0.25, 0.3) is 0 Å². The van der Waals surface area contributed by atoms with Crippen LogP contribution in [0.4, 0.5) is 5.82 Å². The van der Waals surface area contributed by atoms with Gasteiger partial charge in [0.15, 0.2) is 22.9 Å². The first-order valence-corrected chi connectivity index (χ1v) is 11.6. The Kier molecular flexibility index (Phi) is 5.19. The molecule has 172 valence electrons. The number of imidazole rings is 1. The lowest BCUT2D eigenvalue weighted by Gasteiger charge is -2.02. The van der Waals surface area contributed by atoms with E-state index in [9.17, 15) is 4.79 Å². The Balaban J connectivity index is 1.24. The minimum Gasteiger partial charge on any atom is -0.384 e. The van der Waals surface area contributed by atoms with Gasteiger partial charge in [-0.1, -0.05) is 0 Å². The number of fused-ring (bicyclic) bond motifs is 2. The van der Waals surface area contributed by atoms with E-state index >= 15 is 0 Å². The van der Waals surface area contributed by atoms with E-state index in [1.807, 2.05) is 34.9 Å². The zero-order valence-corrected chi connectivity index (χ0v) is 19.0. The summed E-state index contributed by atoms with van der Waals surface area (Å²) in [6.45, 7) is 0.572. The molecule has 5 heterocycles. The molecule has 1 amide bonds. The maximum atomic E-state index is 12.0. The number of ether oxygens (including phenoxy) is 1. The lowest BCUT2D eigenvalue weighted by Crippen LogP contribution is -2.13. The third kappa shape index (κ3) is 4.10. The Labute approximate surface area is 197 Å². The Hall–Kier alpha value is -3.84. The van der Waals surface area contributed by atoms with Crippen LogP contribution in [0.25, 0.3) is 22.7 Å². The number of amides is 1. The molecule has 2 N–H and O–H groups in total. The van der Waals surface area contributed by atoms with Crippen LogP contribution in [0.15, 0.2) is 46.8 Å². The summed E-state index contributed by atoms with van der Waals surface area (Å²) in [5.41, 5.74) is 2.19. The van der Waals surface area contributed by atoms with Gasteiger partial charge in [-0.2, -0.15) is 10.2 Å². The Morgan fingerprint density at radius 1 is 1.18 bits per heavy atom. The fraction of sp³-hybridized carbons (Fsp3) is 0.286. The first kappa shape index (κ1) is 20.7. The highest BCUT2D eigenvalue weighted by Crippen LogP contribution is 2.30. The van der Waals surface area contributed by atoms with Gasteiger partial charge in [0.05, 0.1) is 12.8 Å². The number of nitrogens with one attached hydrogen (secondary N) is 2. The molecule has 5 aromatic rings. The van der Waals surface area contributed by atoms with Crippen molar-refractivity contribution in [3.05, 3.63) is 42.5 Å². The minimum absolute atomic E-state index is 0.0148. The Morgan fingerprint density at radius 3 is 2.91 bits per heavy atom. The lowest BCUT2D eigenvalue weighted by atomic mass is 10.2. The molecular weight excluding hydrogens is 456 g/mol. The van der Waals surface area contributed by atoms with Crippen LogP contribution in [-0.4, -0.2) is 64.0 Å². The van der Waals surface area contributed by atoms with Crippen molar-refractivity contribution in [1.29, 1.82) is 0 Å². The first-order chi connectivity index (χ1) is 16.7. The monoisotopic (exact) mass is 476 g/mol. The molecule has 0 aromatic carbocycles. The smallest absolute Gasteiger partial charge is 0.228 e. The van der Waals surface area contributed by atoms with Gasteiger partial charge in [0.2, 0.25) is 11.1 Å². The van der Waals surface area contributed by atoms with E-state index in [0.717, 1.165) is 24.2 Å². The van der Waals surface area contributed by atoms with Crippen LogP contribution in [-0.2, 0) is 16.0 Å². The lowest BCUT2D eigenvalue weighted by molar-refractivity contribution is -0.117. The number of hydrogen-bond donors (Lipinski definition) is 2. The van der Waals surface area contributed by atoms with Crippen molar-refractivity contribution in [2.45, 2.75) is 29.4 Å². The standard InChI is InChI=1S/C21H20N10O2S/c1-33-9-8-14-23-19(27-25-14)13-4-5-17-26-28-21(30(17)10-13)34-18-7-6-16-22-15(11-31(16)29-18)24-20(32)12-2-3-12/h4-7,10-12H,2-3,8-9H2,1H3,(H,24,32)(H,23,25,27). The molecule has 6 rings (SSSR count). The average Bonchev–Trinajstić information content (AvgIpc) is 3.28. The highest BCUT2D eigenvalue weighted by molar-refractivity contribution is 7.99. The highest BCUT2D eigenvalue weighted by atomic mass is 32.2. The van der Waals surface area contributed by atoms with Gasteiger partial charge >= 0.3 is 0 Å². The minimum atomic E-state index is 0.0148. The molecule has 0 aliphatic heterocycles. The summed E-state index contributed by atoms with van der Waals surface area (Å²) in [6, 6.07) is 7.50. The zero-order valence-electron chi connectivity index (χ0n) is 18.2. The predicted octanol–water partition coefficient (Wildman–Crippen LogP) is 2.25. The van der Waals surface area contributed by atoms with Gasteiger partial charge < -0.3 is 10.1 Å². The number of aromatic amines is 1. The van der Waals surface area contributed by atoms with Crippen molar-refractivity contribution in [1.82, 2.24) is 44.4 Å². The summed E-state index contributed by atoms with van der Waals surface area (Å²) >= 11 is 1.37. The fourth-order valence-electron chi connectivity index (χ4n) is 3.45. The average molecular weight is 477 g/mol. The highest BCUT2D eigenvalue weighted by Gasteiger charge is 2.30. The topological polar surface area (TPSA) is 140 Å². The van der Waals surface area contributed by atoms with E-state index in [-0.39, 0.29) is 11.8 Å². The largest absolute Gasteiger partial charge is 0.384 e. The molecule has 13 heteroatoms. The van der Waals surface area contributed by atoms with E-state index in [1.165, 1.54) is 11.8 Å². The number of rotatable bonds is 8. The van der Waals surface area contributed by atoms with Gasteiger partial charge in [-0.05, 0) is 48.9 Å². The number of nitrogens with zero attached hydrogens (tertiary/aromatic N) is 8. The van der Waals surface area contributed by atoms with Crippen LogP contribution < -0.4 is 5.32 Å². The van der Waals surface area contributed by atoms with Crippen LogP contribution in [0.3, 0.4) is 0 Å². The quantitative estimate of drug-likeness (QED) is 0.345. The van der Waals surface area contributed by atoms with E-state index in [4.69, 9.17) is 4.74 Å². The van der Waals surface area contributed by atoms with Gasteiger partial charge in [-0.15, -0.1) is 10.2 Å². The summed E-state index contributed by atoms with van der Waals surface area (Å²) in [4.78, 5) is 21.0. The molecule has 1 aliphatic carbocycles. The van der Waals surface area contributed by atoms with Crippen LogP contribution >= 0.6 is 11.8 Å². The molecule has 1 aliphatic rings. The maximum absolute atomic E-state index is 12.0. The number of pyridine rings is 1. The maximum Gasteiger partial charge on any atom is 0.228 e. The molecule has 5 aromatic heterocycles. The van der Waals surface area contributed by atoms with Crippen molar-refractivity contribution in [3.8, 4) is 11.4 Å². The van der Waals surface area contributed by atoms with Crippen LogP contribution in [0.1, 0.15) is 18.7 Å². The van der Waals surface area contributed by atoms with Crippen LogP contribution in [0, 0.1) is 5.92 Å². The first-order valence-electron chi connectivity index (χ1n) is 10.8. The van der Waals surface area contributed by atoms with Gasteiger partial charge in [-0.25, -0.2) is 14.5 Å². The molecule has 1 saturated carbocycles. The van der Waals surface area contributed by atoms with Crippen LogP contribution in [0.2, 0.25) is 0 Å². The Bertz CT molecular complexity index is 1500. The van der Waals surface area contributed by atoms with Crippen molar-refractivity contribution in [2.75, 3.05) is 19.0 Å². The number of hydrogen-bond acceptors (Lipinski definition) is 9. The number of methoxy groups -OCH3 is 1.